The maximum atomic E-state index is 6.94. The molecule has 78 valence electrons. The van der Waals surface area contributed by atoms with Crippen molar-refractivity contribution in [3.8, 4) is 0 Å². The van der Waals surface area contributed by atoms with Gasteiger partial charge in [0.2, 0.25) is 0 Å². The molecule has 0 aliphatic heterocycles. The third-order valence-electron chi connectivity index (χ3n) is 1.77. The molecule has 0 aliphatic rings. The van der Waals surface area contributed by atoms with E-state index in [4.69, 9.17) is 6.57 Å². The molecule has 15 heavy (non-hydrogen) atoms. The maximum Gasteiger partial charge on any atom is 0.273 e. The zero-order valence-corrected chi connectivity index (χ0v) is 10.2. The molecule has 0 radical (unpaired) electrons. The first-order chi connectivity index (χ1) is 7.13. The lowest BCUT2D eigenvalue weighted by molar-refractivity contribution is 0.884. The van der Waals surface area contributed by atoms with E-state index in [0.29, 0.717) is 5.84 Å². The van der Waals surface area contributed by atoms with Crippen LogP contribution in [0.5, 0.6) is 0 Å². The van der Waals surface area contributed by atoms with Gasteiger partial charge in [-0.1, -0.05) is 36.3 Å². The van der Waals surface area contributed by atoms with E-state index in [1.54, 1.807) is 0 Å². The highest BCUT2D eigenvalue weighted by atomic mass is 79.9. The van der Waals surface area contributed by atoms with Crippen LogP contribution in [0.1, 0.15) is 13.8 Å². The molecular formula is C11H12BrN3. The zero-order chi connectivity index (χ0) is 11.3. The van der Waals surface area contributed by atoms with Crippen LogP contribution in [0.25, 0.3) is 4.85 Å². The van der Waals surface area contributed by atoms with Crippen molar-refractivity contribution in [1.29, 1.82) is 0 Å². The van der Waals surface area contributed by atoms with E-state index in [9.17, 15) is 0 Å². The summed E-state index contributed by atoms with van der Waals surface area (Å²) in [5.41, 5.74) is 3.73. The van der Waals surface area contributed by atoms with E-state index >= 15 is 0 Å². The van der Waals surface area contributed by atoms with Gasteiger partial charge in [0, 0.05) is 10.4 Å². The standard InChI is InChI=1S/C11H12BrN3/c1-8(2)11(13-3)15-14-10-6-4-9(12)5-7-10/h4-8,14H,1-2H3/b15-11-. The molecule has 0 bridgehead atoms. The minimum Gasteiger partial charge on any atom is -0.362 e. The Labute approximate surface area is 98.1 Å². The number of hydrogen-bond acceptors (Lipinski definition) is 2. The Morgan fingerprint density at radius 1 is 1.40 bits per heavy atom. The molecule has 0 saturated heterocycles. The van der Waals surface area contributed by atoms with Crippen LogP contribution in [-0.4, -0.2) is 5.84 Å². The van der Waals surface area contributed by atoms with Crippen molar-refractivity contribution in [3.63, 3.8) is 0 Å². The quantitative estimate of drug-likeness (QED) is 0.384. The SMILES string of the molecule is [C-]#[N+]/C(=N\Nc1ccc(Br)cc1)C(C)C. The Bertz CT molecular complexity index is 387. The Balaban J connectivity index is 2.71. The molecular weight excluding hydrogens is 254 g/mol. The second-order valence-electron chi connectivity index (χ2n) is 3.36. The van der Waals surface area contributed by atoms with Crippen molar-refractivity contribution in [2.24, 2.45) is 11.0 Å². The predicted octanol–water partition coefficient (Wildman–Crippen LogP) is 3.75. The summed E-state index contributed by atoms with van der Waals surface area (Å²) in [6.07, 6.45) is 0. The van der Waals surface area contributed by atoms with Crippen molar-refractivity contribution < 1.29 is 0 Å². The number of benzene rings is 1. The van der Waals surface area contributed by atoms with Gasteiger partial charge in [0.25, 0.3) is 5.84 Å². The first-order valence-corrected chi connectivity index (χ1v) is 5.39. The Hall–Kier alpha value is -1.34. The molecule has 0 amide bonds. The first-order valence-electron chi connectivity index (χ1n) is 4.60. The largest absolute Gasteiger partial charge is 0.362 e. The average Bonchev–Trinajstić information content (AvgIpc) is 2.21. The molecule has 0 atom stereocenters. The fourth-order valence-corrected chi connectivity index (χ4v) is 1.19. The normalized spacial score (nSPS) is 11.3. The van der Waals surface area contributed by atoms with E-state index in [1.165, 1.54) is 0 Å². The second-order valence-corrected chi connectivity index (χ2v) is 4.27. The van der Waals surface area contributed by atoms with Crippen LogP contribution in [0.2, 0.25) is 0 Å². The molecule has 0 aromatic heterocycles. The lowest BCUT2D eigenvalue weighted by Gasteiger charge is -2.01. The number of nitrogens with one attached hydrogen (secondary N) is 1. The minimum absolute atomic E-state index is 0.144. The Morgan fingerprint density at radius 2 is 2.00 bits per heavy atom. The Morgan fingerprint density at radius 3 is 2.47 bits per heavy atom. The molecule has 1 aromatic rings. The molecule has 1 N–H and O–H groups in total. The van der Waals surface area contributed by atoms with Crippen LogP contribution in [-0.2, 0) is 0 Å². The van der Waals surface area contributed by atoms with E-state index in [2.05, 4.69) is 31.3 Å². The third-order valence-corrected chi connectivity index (χ3v) is 2.30. The highest BCUT2D eigenvalue weighted by Crippen LogP contribution is 2.14. The summed E-state index contributed by atoms with van der Waals surface area (Å²) in [5.74, 6) is 0.628. The van der Waals surface area contributed by atoms with Crippen molar-refractivity contribution in [3.05, 3.63) is 40.2 Å². The van der Waals surface area contributed by atoms with Crippen LogP contribution in [0.3, 0.4) is 0 Å². The summed E-state index contributed by atoms with van der Waals surface area (Å²) < 4.78 is 1.02. The molecule has 0 unspecified atom stereocenters. The fourth-order valence-electron chi connectivity index (χ4n) is 0.929. The zero-order valence-electron chi connectivity index (χ0n) is 8.66. The number of nitrogens with zero attached hydrogens (tertiary/aromatic N) is 2. The van der Waals surface area contributed by atoms with E-state index in [1.807, 2.05) is 38.1 Å². The van der Waals surface area contributed by atoms with Gasteiger partial charge in [-0.25, -0.2) is 5.43 Å². The average molecular weight is 266 g/mol. The summed E-state index contributed by atoms with van der Waals surface area (Å²) in [6, 6.07) is 7.64. The van der Waals surface area contributed by atoms with Crippen molar-refractivity contribution >= 4 is 27.5 Å². The van der Waals surface area contributed by atoms with Crippen molar-refractivity contribution in [2.75, 3.05) is 5.43 Å². The van der Waals surface area contributed by atoms with Gasteiger partial charge in [0.1, 0.15) is 0 Å². The van der Waals surface area contributed by atoms with Crippen molar-refractivity contribution in [1.82, 2.24) is 0 Å². The number of hydrazone groups is 1. The first kappa shape index (κ1) is 11.7. The molecule has 3 nitrogen and oxygen atoms in total. The van der Waals surface area contributed by atoms with Crippen LogP contribution in [0, 0.1) is 12.5 Å². The molecule has 0 aliphatic carbocycles. The summed E-state index contributed by atoms with van der Waals surface area (Å²) in [7, 11) is 0. The van der Waals surface area contributed by atoms with Crippen LogP contribution in [0.4, 0.5) is 5.69 Å². The molecule has 1 rings (SSSR count). The molecule has 0 saturated carbocycles. The molecule has 0 spiro atoms. The summed E-state index contributed by atoms with van der Waals surface area (Å²) in [5, 5.41) is 4.04. The molecule has 4 heteroatoms. The van der Waals surface area contributed by atoms with Crippen LogP contribution >= 0.6 is 15.9 Å². The number of rotatable bonds is 3. The molecule has 0 fully saturated rings. The van der Waals surface area contributed by atoms with Gasteiger partial charge in [-0.05, 0) is 29.4 Å². The monoisotopic (exact) mass is 265 g/mol. The fraction of sp³-hybridized carbons (Fsp3) is 0.273. The summed E-state index contributed by atoms with van der Waals surface area (Å²) in [6.45, 7) is 10.8. The van der Waals surface area contributed by atoms with E-state index < -0.39 is 0 Å². The van der Waals surface area contributed by atoms with E-state index in [0.717, 1.165) is 10.2 Å². The molecule has 0 heterocycles. The van der Waals surface area contributed by atoms with Gasteiger partial charge in [-0.3, -0.25) is 0 Å². The van der Waals surface area contributed by atoms with E-state index in [-0.39, 0.29) is 5.92 Å². The lowest BCUT2D eigenvalue weighted by Crippen LogP contribution is -2.04. The molecule has 1 aromatic carbocycles. The summed E-state index contributed by atoms with van der Waals surface area (Å²) >= 11 is 3.35. The maximum absolute atomic E-state index is 6.94. The van der Waals surface area contributed by atoms with Gasteiger partial charge in [-0.2, -0.15) is 0 Å². The second kappa shape index (κ2) is 5.52. The Kier molecular flexibility index (Phi) is 4.32. The van der Waals surface area contributed by atoms with Gasteiger partial charge in [0.05, 0.1) is 5.69 Å². The van der Waals surface area contributed by atoms with Gasteiger partial charge in [-0.15, -0.1) is 0 Å². The number of hydrogen-bond donors (Lipinski definition) is 1. The van der Waals surface area contributed by atoms with Crippen LogP contribution in [0.15, 0.2) is 33.8 Å². The highest BCUT2D eigenvalue weighted by Gasteiger charge is 2.04. The number of halogens is 1. The van der Waals surface area contributed by atoms with Crippen LogP contribution < -0.4 is 5.43 Å². The topological polar surface area (TPSA) is 28.8 Å². The lowest BCUT2D eigenvalue weighted by atomic mass is 10.2. The number of amidine groups is 1. The van der Waals surface area contributed by atoms with Gasteiger partial charge in [0.15, 0.2) is 0 Å². The van der Waals surface area contributed by atoms with Crippen molar-refractivity contribution in [2.45, 2.75) is 13.8 Å². The summed E-state index contributed by atoms with van der Waals surface area (Å²) in [4.78, 5) is 3.35. The predicted molar refractivity (Wildman–Crippen MR) is 66.6 cm³/mol. The smallest absolute Gasteiger partial charge is 0.273 e. The van der Waals surface area contributed by atoms with Gasteiger partial charge < -0.3 is 4.85 Å². The third kappa shape index (κ3) is 3.72. The minimum atomic E-state index is 0.144. The number of anilines is 1. The highest BCUT2D eigenvalue weighted by molar-refractivity contribution is 9.10. The van der Waals surface area contributed by atoms with Gasteiger partial charge >= 0.3 is 0 Å².